The van der Waals surface area contributed by atoms with Gasteiger partial charge >= 0.3 is 0 Å². The Labute approximate surface area is 302 Å². The topological polar surface area (TPSA) is 44.1 Å². The highest BCUT2D eigenvalue weighted by atomic mass is 16.1. The van der Waals surface area contributed by atoms with Crippen LogP contribution in [-0.2, 0) is 4.79 Å². The summed E-state index contributed by atoms with van der Waals surface area (Å²) < 4.78 is 2.43. The average Bonchev–Trinajstić information content (AvgIpc) is 3.54. The van der Waals surface area contributed by atoms with Gasteiger partial charge in [0.1, 0.15) is 0 Å². The van der Waals surface area contributed by atoms with Gasteiger partial charge in [0.15, 0.2) is 12.8 Å². The maximum absolute atomic E-state index is 12.4. The molecule has 1 unspecified atom stereocenters. The monoisotopic (exact) mass is 675 g/mol. The fraction of sp³-hybridized carbons (Fsp3) is 0.955. The molecule has 0 aromatic carbocycles. The van der Waals surface area contributed by atoms with E-state index < -0.39 is 0 Å². The summed E-state index contributed by atoms with van der Waals surface area (Å²) in [5.41, 5.74) is 0. The summed E-state index contributed by atoms with van der Waals surface area (Å²) in [6.07, 6.45) is 52.4. The van der Waals surface area contributed by atoms with Gasteiger partial charge in [0.05, 0.1) is 13.1 Å². The maximum Gasteiger partial charge on any atom is 0.220 e. The van der Waals surface area contributed by atoms with Crippen LogP contribution in [0.15, 0.2) is 0 Å². The molecule has 0 aromatic heterocycles. The number of hydrogen-bond acceptors (Lipinski definition) is 2. The quantitative estimate of drug-likeness (QED) is 0.0503. The second kappa shape index (κ2) is 37.4. The van der Waals surface area contributed by atoms with Gasteiger partial charge < -0.3 is 5.32 Å². The first-order valence-corrected chi connectivity index (χ1v) is 22.4. The van der Waals surface area contributed by atoms with Crippen LogP contribution in [0.4, 0.5) is 0 Å². The van der Waals surface area contributed by atoms with Gasteiger partial charge in [-0.25, -0.2) is 9.89 Å². The first kappa shape index (κ1) is 45.1. The minimum atomic E-state index is 0.244. The van der Waals surface area contributed by atoms with Gasteiger partial charge in [-0.3, -0.25) is 4.79 Å². The first-order chi connectivity index (χ1) is 23.8. The Morgan fingerprint density at radius 2 is 0.854 bits per heavy atom. The number of hydrogen-bond donors (Lipinski definition) is 2. The molecule has 0 aliphatic carbocycles. The lowest BCUT2D eigenvalue weighted by molar-refractivity contribution is -0.558. The number of rotatable bonds is 39. The highest BCUT2D eigenvalue weighted by Crippen LogP contribution is 2.16. The molecule has 0 saturated heterocycles. The van der Waals surface area contributed by atoms with Crippen LogP contribution >= 0.6 is 0 Å². The lowest BCUT2D eigenvalue weighted by Crippen LogP contribution is -2.37. The summed E-state index contributed by atoms with van der Waals surface area (Å²) in [4.78, 5) is 12.4. The second-order valence-corrected chi connectivity index (χ2v) is 15.5. The third-order valence-corrected chi connectivity index (χ3v) is 10.9. The summed E-state index contributed by atoms with van der Waals surface area (Å²) in [6.45, 7) is 7.27. The van der Waals surface area contributed by atoms with Crippen LogP contribution in [0.2, 0.25) is 0 Å². The van der Waals surface area contributed by atoms with E-state index in [-0.39, 0.29) is 5.91 Å². The summed E-state index contributed by atoms with van der Waals surface area (Å²) in [5, 5.41) is 6.83. The Morgan fingerprint density at radius 1 is 0.521 bits per heavy atom. The maximum atomic E-state index is 12.4. The zero-order chi connectivity index (χ0) is 34.4. The van der Waals surface area contributed by atoms with E-state index in [0.717, 1.165) is 26.1 Å². The van der Waals surface area contributed by atoms with Gasteiger partial charge in [0.2, 0.25) is 12.1 Å². The molecule has 1 aliphatic heterocycles. The molecule has 0 spiro atoms. The molecule has 0 aromatic rings. The predicted molar refractivity (Wildman–Crippen MR) is 214 cm³/mol. The van der Waals surface area contributed by atoms with Crippen LogP contribution in [0.5, 0.6) is 0 Å². The fourth-order valence-electron chi connectivity index (χ4n) is 7.55. The van der Waals surface area contributed by atoms with E-state index in [4.69, 9.17) is 0 Å². The van der Waals surface area contributed by atoms with Gasteiger partial charge in [-0.1, -0.05) is 219 Å². The van der Waals surface area contributed by atoms with Crippen LogP contribution < -0.4 is 10.6 Å². The normalized spacial score (nSPS) is 14.5. The van der Waals surface area contributed by atoms with Crippen molar-refractivity contribution in [3.63, 3.8) is 0 Å². The van der Waals surface area contributed by atoms with Crippen molar-refractivity contribution in [2.45, 2.75) is 251 Å². The van der Waals surface area contributed by atoms with Gasteiger partial charge in [-0.2, -0.15) is 0 Å². The molecule has 1 heterocycles. The highest BCUT2D eigenvalue weighted by Gasteiger charge is 2.24. The third-order valence-electron chi connectivity index (χ3n) is 10.9. The summed E-state index contributed by atoms with van der Waals surface area (Å²) in [6, 6.07) is 0. The van der Waals surface area contributed by atoms with E-state index >= 15 is 0 Å². The molecular formula is C44H88N3O+. The molecule has 1 aliphatic rings. The molecule has 4 heteroatoms. The molecule has 0 fully saturated rings. The molecule has 0 saturated carbocycles. The van der Waals surface area contributed by atoms with E-state index in [1.807, 2.05) is 0 Å². The smallest absolute Gasteiger partial charge is 0.220 e. The molecule has 0 bridgehead atoms. The SMILES string of the molecule is CCCCCCCCCCCCCCCCCCCCC(=O)NCC[N+]1=CCNC1CCCCCCCCCCCCCCCCCC. The van der Waals surface area contributed by atoms with E-state index in [9.17, 15) is 4.79 Å². The Hall–Kier alpha value is -0.900. The predicted octanol–water partition coefficient (Wildman–Crippen LogP) is 13.2. The van der Waals surface area contributed by atoms with Crippen molar-refractivity contribution < 1.29 is 9.37 Å². The Bertz CT molecular complexity index is 693. The molecule has 284 valence electrons. The average molecular weight is 675 g/mol. The van der Waals surface area contributed by atoms with Crippen LogP contribution in [0.3, 0.4) is 0 Å². The van der Waals surface area contributed by atoms with Gasteiger partial charge in [-0.15, -0.1) is 0 Å². The second-order valence-electron chi connectivity index (χ2n) is 15.5. The molecule has 2 N–H and O–H groups in total. The van der Waals surface area contributed by atoms with E-state index in [1.54, 1.807) is 0 Å². The zero-order valence-electron chi connectivity index (χ0n) is 33.1. The summed E-state index contributed by atoms with van der Waals surface area (Å²) >= 11 is 0. The van der Waals surface area contributed by atoms with E-state index in [1.165, 1.54) is 218 Å². The van der Waals surface area contributed by atoms with Crippen molar-refractivity contribution in [2.75, 3.05) is 19.6 Å². The van der Waals surface area contributed by atoms with Gasteiger partial charge in [-0.05, 0) is 12.8 Å². The molecule has 4 nitrogen and oxygen atoms in total. The van der Waals surface area contributed by atoms with E-state index in [0.29, 0.717) is 12.6 Å². The van der Waals surface area contributed by atoms with Crippen molar-refractivity contribution >= 4 is 12.1 Å². The van der Waals surface area contributed by atoms with Crippen LogP contribution in [-0.4, -0.2) is 42.5 Å². The molecule has 1 rings (SSSR count). The number of unbranched alkanes of at least 4 members (excludes halogenated alkanes) is 32. The van der Waals surface area contributed by atoms with Crippen molar-refractivity contribution in [1.82, 2.24) is 10.6 Å². The highest BCUT2D eigenvalue weighted by molar-refractivity contribution is 5.75. The minimum Gasteiger partial charge on any atom is -0.350 e. The van der Waals surface area contributed by atoms with Crippen molar-refractivity contribution in [3.8, 4) is 0 Å². The standard InChI is InChI=1S/C44H87N3O/c1-3-5-7-9-11-13-15-17-19-21-22-24-26-28-30-32-34-36-38-44(48)46-40-42-47-41-39-45-43(47)37-35-33-31-29-27-25-23-20-18-16-14-12-10-8-6-4-2/h41,43,45H,3-40,42H2,1-2H3/p+1. The van der Waals surface area contributed by atoms with Crippen molar-refractivity contribution in [3.05, 3.63) is 0 Å². The molecule has 1 amide bonds. The third kappa shape index (κ3) is 31.1. The minimum absolute atomic E-state index is 0.244. The zero-order valence-corrected chi connectivity index (χ0v) is 33.1. The molecular weight excluding hydrogens is 587 g/mol. The molecule has 48 heavy (non-hydrogen) atoms. The summed E-state index contributed by atoms with van der Waals surface area (Å²) in [5.74, 6) is 0.244. The summed E-state index contributed by atoms with van der Waals surface area (Å²) in [7, 11) is 0. The number of amides is 1. The van der Waals surface area contributed by atoms with Crippen LogP contribution in [0.1, 0.15) is 245 Å². The van der Waals surface area contributed by atoms with Gasteiger partial charge in [0, 0.05) is 12.8 Å². The largest absolute Gasteiger partial charge is 0.350 e. The van der Waals surface area contributed by atoms with E-state index in [2.05, 4.69) is 35.3 Å². The number of carbonyl (C=O) groups excluding carboxylic acids is 1. The van der Waals surface area contributed by atoms with Crippen LogP contribution in [0, 0.1) is 0 Å². The first-order valence-electron chi connectivity index (χ1n) is 22.4. The Kier molecular flexibility index (Phi) is 35.1. The number of carbonyl (C=O) groups is 1. The van der Waals surface area contributed by atoms with Crippen molar-refractivity contribution in [1.29, 1.82) is 0 Å². The van der Waals surface area contributed by atoms with Crippen molar-refractivity contribution in [2.24, 2.45) is 0 Å². The lowest BCUT2D eigenvalue weighted by atomic mass is 10.0. The molecule has 0 radical (unpaired) electrons. The Balaban J connectivity index is 1.81. The molecule has 1 atom stereocenters. The number of nitrogens with zero attached hydrogens (tertiary/aromatic N) is 1. The van der Waals surface area contributed by atoms with Crippen LogP contribution in [0.25, 0.3) is 0 Å². The van der Waals surface area contributed by atoms with Gasteiger partial charge in [0.25, 0.3) is 0 Å². The fourth-order valence-corrected chi connectivity index (χ4v) is 7.55. The number of nitrogens with one attached hydrogen (secondary N) is 2. The lowest BCUT2D eigenvalue weighted by Gasteiger charge is -2.12. The Morgan fingerprint density at radius 3 is 1.23 bits per heavy atom.